The van der Waals surface area contributed by atoms with Gasteiger partial charge in [-0.15, -0.1) is 0 Å². The maximum atomic E-state index is 12.0. The van der Waals surface area contributed by atoms with Crippen LogP contribution in [0.4, 0.5) is 11.4 Å². The Balaban J connectivity index is 1.69. The highest BCUT2D eigenvalue weighted by Gasteiger charge is 2.13. The minimum atomic E-state index is -0.159. The molecule has 1 aromatic carbocycles. The largest absolute Gasteiger partial charge is 0.454 e. The van der Waals surface area contributed by atoms with Crippen LogP contribution < -0.4 is 20.1 Å². The van der Waals surface area contributed by atoms with Crippen LogP contribution in [-0.4, -0.2) is 24.2 Å². The van der Waals surface area contributed by atoms with E-state index < -0.39 is 0 Å². The number of pyridine rings is 1. The summed E-state index contributed by atoms with van der Waals surface area (Å²) in [7, 11) is 0. The Morgan fingerprint density at radius 1 is 1.17 bits per heavy atom. The monoisotopic (exact) mass is 313 g/mol. The molecule has 2 N–H and O–H groups in total. The number of benzene rings is 1. The number of aromatic nitrogens is 1. The highest BCUT2D eigenvalue weighted by atomic mass is 16.7. The van der Waals surface area contributed by atoms with Gasteiger partial charge in [-0.05, 0) is 30.7 Å². The number of carbonyl (C=O) groups is 1. The summed E-state index contributed by atoms with van der Waals surface area (Å²) >= 11 is 0. The van der Waals surface area contributed by atoms with Crippen LogP contribution >= 0.6 is 0 Å². The molecule has 0 bridgehead atoms. The van der Waals surface area contributed by atoms with Crippen molar-refractivity contribution >= 4 is 17.3 Å². The number of amides is 1. The summed E-state index contributed by atoms with van der Waals surface area (Å²) in [6.07, 6.45) is 3.62. The summed E-state index contributed by atoms with van der Waals surface area (Å²) in [6, 6.07) is 9.15. The number of anilines is 2. The fraction of sp³-hybridized carbons (Fsp3) is 0.294. The lowest BCUT2D eigenvalue weighted by atomic mass is 10.2. The molecule has 1 amide bonds. The Bertz CT molecular complexity index is 703. The number of hydrogen-bond acceptors (Lipinski definition) is 5. The van der Waals surface area contributed by atoms with Crippen molar-refractivity contribution in [3.63, 3.8) is 0 Å². The van der Waals surface area contributed by atoms with Crippen LogP contribution in [-0.2, 0) is 0 Å². The highest BCUT2D eigenvalue weighted by Crippen LogP contribution is 2.35. The minimum absolute atomic E-state index is 0.159. The van der Waals surface area contributed by atoms with Gasteiger partial charge in [0.25, 0.3) is 5.91 Å². The number of ether oxygens (including phenoxy) is 2. The van der Waals surface area contributed by atoms with Crippen LogP contribution in [0.25, 0.3) is 0 Å². The van der Waals surface area contributed by atoms with Gasteiger partial charge in [-0.1, -0.05) is 13.3 Å². The number of nitrogens with one attached hydrogen (secondary N) is 2. The number of carbonyl (C=O) groups excluding carboxylic acids is 1. The zero-order valence-corrected chi connectivity index (χ0v) is 13.0. The van der Waals surface area contributed by atoms with Gasteiger partial charge < -0.3 is 20.1 Å². The lowest BCUT2D eigenvalue weighted by Crippen LogP contribution is -2.25. The summed E-state index contributed by atoms with van der Waals surface area (Å²) in [5, 5.41) is 6.10. The van der Waals surface area contributed by atoms with Crippen LogP contribution in [0, 0.1) is 0 Å². The molecule has 0 fully saturated rings. The summed E-state index contributed by atoms with van der Waals surface area (Å²) in [5.74, 6) is 1.29. The third kappa shape index (κ3) is 3.71. The van der Waals surface area contributed by atoms with Crippen LogP contribution in [0.5, 0.6) is 11.5 Å². The first-order valence-corrected chi connectivity index (χ1v) is 7.67. The van der Waals surface area contributed by atoms with Crippen LogP contribution in [0.3, 0.4) is 0 Å². The lowest BCUT2D eigenvalue weighted by Gasteiger charge is -2.09. The number of unbranched alkanes of at least 4 members (excludes halogenated alkanes) is 1. The molecule has 1 aromatic heterocycles. The predicted molar refractivity (Wildman–Crippen MR) is 87.3 cm³/mol. The average molecular weight is 313 g/mol. The molecule has 0 atom stereocenters. The van der Waals surface area contributed by atoms with Crippen LogP contribution in [0.2, 0.25) is 0 Å². The van der Waals surface area contributed by atoms with Crippen LogP contribution in [0.15, 0.2) is 36.5 Å². The molecular formula is C17H19N3O3. The first kappa shape index (κ1) is 15.1. The normalized spacial score (nSPS) is 12.0. The Labute approximate surface area is 134 Å². The second kappa shape index (κ2) is 7.00. The fourth-order valence-corrected chi connectivity index (χ4v) is 2.24. The molecule has 1 aliphatic rings. The summed E-state index contributed by atoms with van der Waals surface area (Å²) in [6.45, 7) is 2.99. The SMILES string of the molecule is CCCCNC(=O)c1cc(Nc2ccc3c(c2)OCO3)ccn1. The molecule has 1 aliphatic heterocycles. The van der Waals surface area contributed by atoms with Crippen molar-refractivity contribution in [2.75, 3.05) is 18.7 Å². The molecule has 0 aliphatic carbocycles. The van der Waals surface area contributed by atoms with E-state index in [4.69, 9.17) is 9.47 Å². The van der Waals surface area contributed by atoms with E-state index in [1.807, 2.05) is 24.3 Å². The third-order valence-electron chi connectivity index (χ3n) is 3.47. The van der Waals surface area contributed by atoms with E-state index in [2.05, 4.69) is 22.5 Å². The molecule has 120 valence electrons. The minimum Gasteiger partial charge on any atom is -0.454 e. The van der Waals surface area contributed by atoms with Gasteiger partial charge >= 0.3 is 0 Å². The maximum absolute atomic E-state index is 12.0. The van der Waals surface area contributed by atoms with Crippen molar-refractivity contribution in [2.24, 2.45) is 0 Å². The lowest BCUT2D eigenvalue weighted by molar-refractivity contribution is 0.0948. The van der Waals surface area contributed by atoms with E-state index in [1.54, 1.807) is 12.3 Å². The van der Waals surface area contributed by atoms with Crippen molar-refractivity contribution in [1.82, 2.24) is 10.3 Å². The fourth-order valence-electron chi connectivity index (χ4n) is 2.24. The zero-order valence-electron chi connectivity index (χ0n) is 13.0. The average Bonchev–Trinajstić information content (AvgIpc) is 3.03. The molecule has 3 rings (SSSR count). The van der Waals surface area contributed by atoms with Gasteiger partial charge in [-0.25, -0.2) is 0 Å². The molecule has 2 aromatic rings. The number of hydrogen-bond donors (Lipinski definition) is 2. The number of fused-ring (bicyclic) bond motifs is 1. The molecule has 0 saturated heterocycles. The molecule has 0 unspecified atom stereocenters. The molecule has 0 saturated carbocycles. The smallest absolute Gasteiger partial charge is 0.269 e. The Morgan fingerprint density at radius 2 is 2.00 bits per heavy atom. The Kier molecular flexibility index (Phi) is 4.61. The van der Waals surface area contributed by atoms with E-state index in [9.17, 15) is 4.79 Å². The van der Waals surface area contributed by atoms with Gasteiger partial charge in [-0.3, -0.25) is 9.78 Å². The predicted octanol–water partition coefficient (Wildman–Crippen LogP) is 3.08. The molecule has 0 spiro atoms. The van der Waals surface area contributed by atoms with E-state index >= 15 is 0 Å². The van der Waals surface area contributed by atoms with Crippen molar-refractivity contribution in [3.8, 4) is 11.5 Å². The molecular weight excluding hydrogens is 294 g/mol. The molecule has 23 heavy (non-hydrogen) atoms. The highest BCUT2D eigenvalue weighted by molar-refractivity contribution is 5.93. The van der Waals surface area contributed by atoms with E-state index in [1.165, 1.54) is 0 Å². The topological polar surface area (TPSA) is 72.5 Å². The van der Waals surface area contributed by atoms with Gasteiger partial charge in [0.2, 0.25) is 6.79 Å². The summed E-state index contributed by atoms with van der Waals surface area (Å²) < 4.78 is 10.6. The maximum Gasteiger partial charge on any atom is 0.269 e. The Morgan fingerprint density at radius 3 is 2.87 bits per heavy atom. The van der Waals surface area contributed by atoms with Gasteiger partial charge in [0.05, 0.1) is 0 Å². The van der Waals surface area contributed by atoms with E-state index in [0.717, 1.165) is 30.0 Å². The van der Waals surface area contributed by atoms with Gasteiger partial charge in [0.1, 0.15) is 5.69 Å². The molecule has 6 heteroatoms. The standard InChI is InChI=1S/C17H19N3O3/c1-2-3-7-19-17(21)14-9-13(6-8-18-14)20-12-4-5-15-16(10-12)23-11-22-15/h4-6,8-10H,2-3,7,11H2,1H3,(H,18,20)(H,19,21). The number of rotatable bonds is 6. The summed E-state index contributed by atoms with van der Waals surface area (Å²) in [4.78, 5) is 16.2. The van der Waals surface area contributed by atoms with Gasteiger partial charge in [-0.2, -0.15) is 0 Å². The second-order valence-corrected chi connectivity index (χ2v) is 5.23. The quantitative estimate of drug-likeness (QED) is 0.802. The molecule has 2 heterocycles. The van der Waals surface area contributed by atoms with Crippen LogP contribution in [0.1, 0.15) is 30.3 Å². The zero-order chi connectivity index (χ0) is 16.1. The van der Waals surface area contributed by atoms with Gasteiger partial charge in [0.15, 0.2) is 11.5 Å². The third-order valence-corrected chi connectivity index (χ3v) is 3.47. The first-order chi connectivity index (χ1) is 11.3. The van der Waals surface area contributed by atoms with Crippen molar-refractivity contribution in [3.05, 3.63) is 42.2 Å². The second-order valence-electron chi connectivity index (χ2n) is 5.23. The molecule has 6 nitrogen and oxygen atoms in total. The molecule has 0 radical (unpaired) electrons. The van der Waals surface area contributed by atoms with Crippen molar-refractivity contribution in [2.45, 2.75) is 19.8 Å². The van der Waals surface area contributed by atoms with Crippen molar-refractivity contribution < 1.29 is 14.3 Å². The van der Waals surface area contributed by atoms with Crippen molar-refractivity contribution in [1.29, 1.82) is 0 Å². The summed E-state index contributed by atoms with van der Waals surface area (Å²) in [5.41, 5.74) is 2.05. The number of nitrogens with zero attached hydrogens (tertiary/aromatic N) is 1. The van der Waals surface area contributed by atoms with Gasteiger partial charge in [0, 0.05) is 30.2 Å². The Hall–Kier alpha value is -2.76. The van der Waals surface area contributed by atoms with E-state index in [-0.39, 0.29) is 12.7 Å². The first-order valence-electron chi connectivity index (χ1n) is 7.67. The van der Waals surface area contributed by atoms with E-state index in [0.29, 0.717) is 18.0 Å².